The van der Waals surface area contributed by atoms with Crippen LogP contribution in [0.25, 0.3) is 0 Å². The lowest BCUT2D eigenvalue weighted by molar-refractivity contribution is 0.360. The number of rotatable bonds is 3. The Kier molecular flexibility index (Phi) is 2.29. The largest absolute Gasteiger partial charge is 0.300 e. The molecular weight excluding hydrogens is 110 g/mol. The minimum absolute atomic E-state index is 0.904. The molecular formula is C8H15N. The minimum atomic E-state index is 0.904. The lowest BCUT2D eigenvalue weighted by atomic mass is 10.4. The van der Waals surface area contributed by atoms with Gasteiger partial charge in [0.15, 0.2) is 0 Å². The summed E-state index contributed by atoms with van der Waals surface area (Å²) in [4.78, 5) is 2.40. The van der Waals surface area contributed by atoms with E-state index in [9.17, 15) is 0 Å². The lowest BCUT2D eigenvalue weighted by Gasteiger charge is -2.11. The van der Waals surface area contributed by atoms with Gasteiger partial charge in [-0.25, -0.2) is 0 Å². The van der Waals surface area contributed by atoms with Crippen molar-refractivity contribution >= 4 is 0 Å². The molecule has 0 aromatic carbocycles. The van der Waals surface area contributed by atoms with Crippen molar-refractivity contribution in [2.24, 2.45) is 0 Å². The monoisotopic (exact) mass is 125 g/mol. The third-order valence-electron chi connectivity index (χ3n) is 1.80. The van der Waals surface area contributed by atoms with E-state index >= 15 is 0 Å². The van der Waals surface area contributed by atoms with Gasteiger partial charge in [0.2, 0.25) is 0 Å². The van der Waals surface area contributed by atoms with Crippen LogP contribution in [0, 0.1) is 0 Å². The van der Waals surface area contributed by atoms with E-state index in [0.717, 1.165) is 12.6 Å². The zero-order valence-electron chi connectivity index (χ0n) is 6.30. The Bertz CT molecular complexity index is 103. The van der Waals surface area contributed by atoms with Crippen molar-refractivity contribution < 1.29 is 0 Å². The molecule has 0 aromatic rings. The lowest BCUT2D eigenvalue weighted by Crippen LogP contribution is -2.20. The molecule has 0 saturated heterocycles. The molecule has 0 N–H and O–H groups in total. The molecule has 1 saturated carbocycles. The molecule has 0 atom stereocenters. The van der Waals surface area contributed by atoms with Gasteiger partial charge < -0.3 is 0 Å². The second-order valence-corrected chi connectivity index (χ2v) is 2.74. The van der Waals surface area contributed by atoms with Crippen LogP contribution in [0.2, 0.25) is 0 Å². The van der Waals surface area contributed by atoms with E-state index in [4.69, 9.17) is 0 Å². The van der Waals surface area contributed by atoms with E-state index in [1.165, 1.54) is 12.8 Å². The summed E-state index contributed by atoms with van der Waals surface area (Å²) in [6.45, 7) is 3.20. The van der Waals surface area contributed by atoms with Gasteiger partial charge >= 0.3 is 0 Å². The summed E-state index contributed by atoms with van der Waals surface area (Å²) in [5.74, 6) is 0. The molecule has 0 heterocycles. The maximum absolute atomic E-state index is 2.40. The topological polar surface area (TPSA) is 3.24 Å². The van der Waals surface area contributed by atoms with Crippen molar-refractivity contribution in [1.29, 1.82) is 0 Å². The first-order valence-corrected chi connectivity index (χ1v) is 3.66. The van der Waals surface area contributed by atoms with Crippen molar-refractivity contribution in [2.75, 3.05) is 13.6 Å². The van der Waals surface area contributed by atoms with Crippen LogP contribution in [-0.2, 0) is 0 Å². The Balaban J connectivity index is 2.10. The van der Waals surface area contributed by atoms with Crippen molar-refractivity contribution in [2.45, 2.75) is 25.8 Å². The predicted octanol–water partition coefficient (Wildman–Crippen LogP) is 1.66. The van der Waals surface area contributed by atoms with Gasteiger partial charge in [-0.2, -0.15) is 0 Å². The molecule has 1 fully saturated rings. The molecule has 0 unspecified atom stereocenters. The molecule has 0 bridgehead atoms. The van der Waals surface area contributed by atoms with Gasteiger partial charge in [0.25, 0.3) is 0 Å². The smallest absolute Gasteiger partial charge is 0.0162 e. The molecule has 1 aliphatic rings. The highest BCUT2D eigenvalue weighted by atomic mass is 15.1. The summed E-state index contributed by atoms with van der Waals surface area (Å²) in [7, 11) is 2.19. The average molecular weight is 125 g/mol. The molecule has 0 aromatic heterocycles. The van der Waals surface area contributed by atoms with Crippen molar-refractivity contribution in [3.8, 4) is 0 Å². The molecule has 0 amide bonds. The molecule has 0 radical (unpaired) electrons. The molecule has 1 nitrogen and oxygen atoms in total. The zero-order valence-corrected chi connectivity index (χ0v) is 6.30. The normalized spacial score (nSPS) is 19.9. The van der Waals surface area contributed by atoms with Crippen LogP contribution in [0.1, 0.15) is 19.8 Å². The number of likely N-dealkylation sites (N-methyl/N-ethyl adjacent to an activating group) is 1. The standard InChI is InChI=1S/C8H15N/c1-3-4-7-9(2)8-5-6-8/h3-4,8H,5-7H2,1-2H3. The van der Waals surface area contributed by atoms with E-state index in [-0.39, 0.29) is 0 Å². The highest BCUT2D eigenvalue weighted by molar-refractivity contribution is 4.88. The summed E-state index contributed by atoms with van der Waals surface area (Å²) < 4.78 is 0. The Morgan fingerprint density at radius 3 is 2.67 bits per heavy atom. The summed E-state index contributed by atoms with van der Waals surface area (Å²) in [5.41, 5.74) is 0. The molecule has 0 aliphatic heterocycles. The number of nitrogens with zero attached hydrogens (tertiary/aromatic N) is 1. The number of hydrogen-bond donors (Lipinski definition) is 0. The minimum Gasteiger partial charge on any atom is -0.300 e. The first-order chi connectivity index (χ1) is 4.34. The molecule has 1 heteroatoms. The fourth-order valence-corrected chi connectivity index (χ4v) is 0.936. The van der Waals surface area contributed by atoms with E-state index in [1.54, 1.807) is 0 Å². The zero-order chi connectivity index (χ0) is 6.69. The van der Waals surface area contributed by atoms with Crippen LogP contribution in [0.3, 0.4) is 0 Å². The Labute approximate surface area is 57.4 Å². The Morgan fingerprint density at radius 1 is 1.56 bits per heavy atom. The SMILES string of the molecule is CC=CCN(C)C1CC1. The molecule has 52 valence electrons. The second kappa shape index (κ2) is 3.02. The third-order valence-corrected chi connectivity index (χ3v) is 1.80. The van der Waals surface area contributed by atoms with Crippen LogP contribution < -0.4 is 0 Å². The molecule has 0 spiro atoms. The summed E-state index contributed by atoms with van der Waals surface area (Å²) in [6.07, 6.45) is 7.14. The summed E-state index contributed by atoms with van der Waals surface area (Å²) in [6, 6.07) is 0.904. The van der Waals surface area contributed by atoms with E-state index < -0.39 is 0 Å². The van der Waals surface area contributed by atoms with Gasteiger partial charge in [0, 0.05) is 12.6 Å². The van der Waals surface area contributed by atoms with Gasteiger partial charge in [-0.05, 0) is 26.8 Å². The first kappa shape index (κ1) is 6.81. The van der Waals surface area contributed by atoms with Crippen LogP contribution in [0.15, 0.2) is 12.2 Å². The summed E-state index contributed by atoms with van der Waals surface area (Å²) >= 11 is 0. The van der Waals surface area contributed by atoms with Crippen molar-refractivity contribution in [1.82, 2.24) is 4.90 Å². The Hall–Kier alpha value is -0.300. The number of hydrogen-bond acceptors (Lipinski definition) is 1. The van der Waals surface area contributed by atoms with Gasteiger partial charge in [0.05, 0.1) is 0 Å². The fraction of sp³-hybridized carbons (Fsp3) is 0.750. The molecule has 1 rings (SSSR count). The van der Waals surface area contributed by atoms with Crippen LogP contribution in [0.5, 0.6) is 0 Å². The maximum atomic E-state index is 2.40. The fourth-order valence-electron chi connectivity index (χ4n) is 0.936. The summed E-state index contributed by atoms with van der Waals surface area (Å²) in [5, 5.41) is 0. The van der Waals surface area contributed by atoms with Crippen LogP contribution in [0.4, 0.5) is 0 Å². The molecule has 1 aliphatic carbocycles. The van der Waals surface area contributed by atoms with Crippen molar-refractivity contribution in [3.63, 3.8) is 0 Å². The van der Waals surface area contributed by atoms with E-state index in [1.807, 2.05) is 0 Å². The second-order valence-electron chi connectivity index (χ2n) is 2.74. The Morgan fingerprint density at radius 2 is 2.22 bits per heavy atom. The van der Waals surface area contributed by atoms with Crippen molar-refractivity contribution in [3.05, 3.63) is 12.2 Å². The predicted molar refractivity (Wildman–Crippen MR) is 40.5 cm³/mol. The highest BCUT2D eigenvalue weighted by Crippen LogP contribution is 2.24. The molecule has 9 heavy (non-hydrogen) atoms. The van der Waals surface area contributed by atoms with Gasteiger partial charge in [0.1, 0.15) is 0 Å². The first-order valence-electron chi connectivity index (χ1n) is 3.66. The third kappa shape index (κ3) is 2.19. The van der Waals surface area contributed by atoms with Gasteiger partial charge in [-0.1, -0.05) is 12.2 Å². The van der Waals surface area contributed by atoms with Crippen LogP contribution >= 0.6 is 0 Å². The quantitative estimate of drug-likeness (QED) is 0.518. The maximum Gasteiger partial charge on any atom is 0.0162 e. The number of allylic oxidation sites excluding steroid dienone is 1. The van der Waals surface area contributed by atoms with Crippen LogP contribution in [-0.4, -0.2) is 24.5 Å². The highest BCUT2D eigenvalue weighted by Gasteiger charge is 2.24. The van der Waals surface area contributed by atoms with E-state index in [0.29, 0.717) is 0 Å². The average Bonchev–Trinajstić information content (AvgIpc) is 2.63. The van der Waals surface area contributed by atoms with Gasteiger partial charge in [-0.3, -0.25) is 4.90 Å². The van der Waals surface area contributed by atoms with Gasteiger partial charge in [-0.15, -0.1) is 0 Å². The van der Waals surface area contributed by atoms with E-state index in [2.05, 4.69) is 31.0 Å².